The third kappa shape index (κ3) is 7.23. The lowest BCUT2D eigenvalue weighted by Crippen LogP contribution is -2.29. The van der Waals surface area contributed by atoms with Crippen molar-refractivity contribution in [3.63, 3.8) is 0 Å². The largest absolute Gasteiger partial charge is 0.494 e. The van der Waals surface area contributed by atoms with Crippen LogP contribution in [0.5, 0.6) is 5.75 Å². The molecule has 0 spiro atoms. The van der Waals surface area contributed by atoms with Gasteiger partial charge in [0, 0.05) is 62.8 Å². The predicted octanol–water partition coefficient (Wildman–Crippen LogP) is 5.39. The van der Waals surface area contributed by atoms with Gasteiger partial charge in [0.15, 0.2) is 5.82 Å². The molecule has 2 heterocycles. The van der Waals surface area contributed by atoms with E-state index >= 15 is 4.39 Å². The predicted molar refractivity (Wildman–Crippen MR) is 178 cm³/mol. The van der Waals surface area contributed by atoms with Gasteiger partial charge in [-0.1, -0.05) is 18.7 Å². The molecule has 45 heavy (non-hydrogen) atoms. The summed E-state index contributed by atoms with van der Waals surface area (Å²) in [7, 11) is 10.9. The summed E-state index contributed by atoms with van der Waals surface area (Å²) in [5.41, 5.74) is 3.69. The van der Waals surface area contributed by atoms with E-state index in [1.54, 1.807) is 26.2 Å². The van der Waals surface area contributed by atoms with Crippen LogP contribution in [0.25, 0.3) is 22.2 Å². The molecular weight excluding hydrogens is 575 g/mol. The number of carbonyl (C=O) groups excluding carboxylic acids is 2. The Bertz CT molecular complexity index is 1730. The van der Waals surface area contributed by atoms with E-state index in [0.717, 1.165) is 29.3 Å². The number of rotatable bonds is 12. The molecule has 0 atom stereocenters. The van der Waals surface area contributed by atoms with Gasteiger partial charge in [-0.3, -0.25) is 9.59 Å². The second-order valence-corrected chi connectivity index (χ2v) is 11.5. The number of fused-ring (bicyclic) bond motifs is 1. The number of nitrogens with zero attached hydrogens (tertiary/aromatic N) is 6. The van der Waals surface area contributed by atoms with Crippen LogP contribution in [0.3, 0.4) is 0 Å². The number of likely N-dealkylation sites (N-methyl/N-ethyl adjacent to an activating group) is 2. The summed E-state index contributed by atoms with van der Waals surface area (Å²) in [6.45, 7) is 9.04. The number of amides is 2. The van der Waals surface area contributed by atoms with E-state index in [1.165, 1.54) is 18.1 Å². The lowest BCUT2D eigenvalue weighted by Gasteiger charge is -2.26. The molecule has 0 saturated carbocycles. The summed E-state index contributed by atoms with van der Waals surface area (Å²) in [6.07, 6.45) is 2.30. The molecule has 0 aliphatic rings. The number of ether oxygens (including phenoxy) is 1. The van der Waals surface area contributed by atoms with E-state index < -0.39 is 5.82 Å². The van der Waals surface area contributed by atoms with Crippen molar-refractivity contribution < 1.29 is 18.7 Å². The summed E-state index contributed by atoms with van der Waals surface area (Å²) in [5.74, 6) is -0.487. The first kappa shape index (κ1) is 32.9. The number of carbonyl (C=O) groups is 2. The van der Waals surface area contributed by atoms with Gasteiger partial charge in [-0.15, -0.1) is 0 Å². The molecule has 0 saturated heterocycles. The number of methoxy groups -OCH3 is 1. The highest BCUT2D eigenvalue weighted by molar-refractivity contribution is 6.02. The van der Waals surface area contributed by atoms with Crippen molar-refractivity contribution in [1.29, 1.82) is 0 Å². The zero-order chi connectivity index (χ0) is 33.0. The molecule has 0 bridgehead atoms. The summed E-state index contributed by atoms with van der Waals surface area (Å²) in [5, 5.41) is 6.86. The van der Waals surface area contributed by atoms with E-state index in [0.29, 0.717) is 34.9 Å². The Morgan fingerprint density at radius 1 is 1.07 bits per heavy atom. The van der Waals surface area contributed by atoms with E-state index in [4.69, 9.17) is 4.74 Å². The van der Waals surface area contributed by atoms with Crippen molar-refractivity contribution in [2.45, 2.75) is 19.9 Å². The first-order chi connectivity index (χ1) is 21.3. The molecule has 2 amide bonds. The number of hydrogen-bond donors (Lipinski definition) is 2. The minimum absolute atomic E-state index is 0.0164. The summed E-state index contributed by atoms with van der Waals surface area (Å²) in [4.78, 5) is 39.5. The molecule has 0 unspecified atom stereocenters. The zero-order valence-electron chi connectivity index (χ0n) is 27.1. The van der Waals surface area contributed by atoms with Crippen molar-refractivity contribution in [2.24, 2.45) is 0 Å². The van der Waals surface area contributed by atoms with Crippen LogP contribution in [0.1, 0.15) is 30.4 Å². The molecule has 12 heteroatoms. The van der Waals surface area contributed by atoms with Gasteiger partial charge in [-0.25, -0.2) is 14.4 Å². The second-order valence-electron chi connectivity index (χ2n) is 11.5. The molecule has 0 aliphatic carbocycles. The van der Waals surface area contributed by atoms with E-state index in [9.17, 15) is 9.59 Å². The van der Waals surface area contributed by atoms with Crippen molar-refractivity contribution in [1.82, 2.24) is 24.3 Å². The summed E-state index contributed by atoms with van der Waals surface area (Å²) < 4.78 is 22.9. The first-order valence-electron chi connectivity index (χ1n) is 14.5. The molecule has 0 fully saturated rings. The van der Waals surface area contributed by atoms with Crippen molar-refractivity contribution in [2.75, 3.05) is 71.0 Å². The monoisotopic (exact) mass is 616 g/mol. The third-order valence-corrected chi connectivity index (χ3v) is 7.30. The topological polar surface area (TPSA) is 108 Å². The highest BCUT2D eigenvalue weighted by Gasteiger charge is 2.21. The van der Waals surface area contributed by atoms with Crippen molar-refractivity contribution in [3.05, 3.63) is 66.8 Å². The lowest BCUT2D eigenvalue weighted by molar-refractivity contribution is -0.111. The normalized spacial score (nSPS) is 11.2. The van der Waals surface area contributed by atoms with E-state index in [1.807, 2.05) is 68.7 Å². The Balaban J connectivity index is 1.76. The van der Waals surface area contributed by atoms with Gasteiger partial charge in [0.25, 0.3) is 5.91 Å². The quantitative estimate of drug-likeness (QED) is 0.204. The van der Waals surface area contributed by atoms with Gasteiger partial charge < -0.3 is 34.6 Å². The molecule has 2 N–H and O–H groups in total. The third-order valence-electron chi connectivity index (χ3n) is 7.30. The Morgan fingerprint density at radius 2 is 1.80 bits per heavy atom. The van der Waals surface area contributed by atoms with E-state index in [2.05, 4.69) is 32.1 Å². The smallest absolute Gasteiger partial charge is 0.270 e. The number of halogens is 1. The highest BCUT2D eigenvalue weighted by atomic mass is 19.1. The second kappa shape index (κ2) is 13.8. The molecular formula is C33H41FN8O3. The zero-order valence-corrected chi connectivity index (χ0v) is 27.1. The van der Waals surface area contributed by atoms with Crippen LogP contribution in [0.4, 0.5) is 27.4 Å². The molecule has 2 aromatic heterocycles. The maximum Gasteiger partial charge on any atom is 0.270 e. The maximum absolute atomic E-state index is 15.2. The molecule has 11 nitrogen and oxygen atoms in total. The van der Waals surface area contributed by atoms with Gasteiger partial charge >= 0.3 is 0 Å². The number of aromatic nitrogens is 3. The van der Waals surface area contributed by atoms with Crippen LogP contribution in [-0.4, -0.2) is 91.6 Å². The maximum atomic E-state index is 15.2. The fourth-order valence-electron chi connectivity index (χ4n) is 4.97. The molecule has 4 rings (SSSR count). The van der Waals surface area contributed by atoms with Crippen LogP contribution in [0.2, 0.25) is 0 Å². The first-order valence-corrected chi connectivity index (χ1v) is 14.5. The summed E-state index contributed by atoms with van der Waals surface area (Å²) in [6, 6.07) is 10.8. The van der Waals surface area contributed by atoms with Gasteiger partial charge in [0.1, 0.15) is 17.1 Å². The highest BCUT2D eigenvalue weighted by Crippen LogP contribution is 2.38. The Labute approximate surface area is 263 Å². The molecule has 0 radical (unpaired) electrons. The van der Waals surface area contributed by atoms with Gasteiger partial charge in [-0.05, 0) is 52.2 Å². The van der Waals surface area contributed by atoms with Crippen LogP contribution in [0, 0.1) is 5.82 Å². The number of anilines is 4. The van der Waals surface area contributed by atoms with Crippen LogP contribution in [-0.2, 0) is 4.79 Å². The average Bonchev–Trinajstić information content (AvgIpc) is 3.39. The Hall–Kier alpha value is -4.97. The average molecular weight is 617 g/mol. The SMILES string of the molecule is C=CC(=O)Nc1cc(Nc2ncc(F)c(-c3ccc4cc(C(=O)N(C)C)n(C(C)C)c4c3)n2)c(OC)cc1N(C)CCN(C)C. The fraction of sp³-hybridized carbons (Fsp3) is 0.333. The van der Waals surface area contributed by atoms with Gasteiger partial charge in [0.05, 0.1) is 30.4 Å². The number of benzene rings is 2. The van der Waals surface area contributed by atoms with Crippen LogP contribution < -0.4 is 20.3 Å². The molecule has 0 aliphatic heterocycles. The van der Waals surface area contributed by atoms with E-state index in [-0.39, 0.29) is 29.5 Å². The molecule has 4 aromatic rings. The standard InChI is InChI=1S/C33H41FN8O3/c1-10-30(43)36-24-17-25(29(45-9)18-27(24)41(8)14-13-39(4)5)37-33-35-19-23(34)31(38-33)22-12-11-21-15-28(32(44)40(6)7)42(20(2)3)26(21)16-22/h10-12,15-20H,1,13-14H2,2-9H3,(H,36,43)(H,35,37,38). The Kier molecular flexibility index (Phi) is 10.1. The minimum Gasteiger partial charge on any atom is -0.494 e. The van der Waals surface area contributed by atoms with Gasteiger partial charge in [-0.2, -0.15) is 0 Å². The van der Waals surface area contributed by atoms with Crippen LogP contribution >= 0.6 is 0 Å². The molecule has 238 valence electrons. The van der Waals surface area contributed by atoms with Crippen LogP contribution in [0.15, 0.2) is 55.3 Å². The summed E-state index contributed by atoms with van der Waals surface area (Å²) >= 11 is 0. The molecule has 2 aromatic carbocycles. The minimum atomic E-state index is -0.601. The fourth-order valence-corrected chi connectivity index (χ4v) is 4.97. The number of hydrogen-bond acceptors (Lipinski definition) is 8. The number of nitrogens with one attached hydrogen (secondary N) is 2. The van der Waals surface area contributed by atoms with Crippen molar-refractivity contribution in [3.8, 4) is 17.0 Å². The van der Waals surface area contributed by atoms with Crippen molar-refractivity contribution >= 4 is 45.7 Å². The van der Waals surface area contributed by atoms with Gasteiger partial charge in [0.2, 0.25) is 11.9 Å². The Morgan fingerprint density at radius 3 is 2.42 bits per heavy atom. The lowest BCUT2D eigenvalue weighted by atomic mass is 10.1.